The van der Waals surface area contributed by atoms with Crippen LogP contribution in [0, 0.1) is 19.7 Å². The average Bonchev–Trinajstić information content (AvgIpc) is 2.66. The Kier molecular flexibility index (Phi) is 5.30. The number of phenols is 1. The van der Waals surface area contributed by atoms with Gasteiger partial charge in [-0.1, -0.05) is 36.4 Å². The molecule has 0 aliphatic heterocycles. The molecule has 150 valence electrons. The predicted octanol–water partition coefficient (Wildman–Crippen LogP) is 4.31. The number of carbonyl (C=O) groups is 1. The molecule has 0 fully saturated rings. The highest BCUT2D eigenvalue weighted by Gasteiger charge is 2.24. The number of carboxylic acids is 1. The molecule has 0 radical (unpaired) electrons. The molecule has 3 aromatic rings. The molecule has 3 aromatic carbocycles. The molecule has 3 rings (SSSR count). The maximum Gasteiger partial charge on any atom is 0.337 e. The third-order valence-electron chi connectivity index (χ3n) is 4.37. The third-order valence-corrected chi connectivity index (χ3v) is 5.74. The molecule has 29 heavy (non-hydrogen) atoms. The van der Waals surface area contributed by atoms with Crippen molar-refractivity contribution in [1.29, 1.82) is 0 Å². The first-order valence-corrected chi connectivity index (χ1v) is 10.0. The second kappa shape index (κ2) is 7.56. The van der Waals surface area contributed by atoms with Gasteiger partial charge in [0.2, 0.25) is 0 Å². The van der Waals surface area contributed by atoms with Crippen molar-refractivity contribution in [2.24, 2.45) is 0 Å². The first-order chi connectivity index (χ1) is 13.6. The van der Waals surface area contributed by atoms with Crippen LogP contribution in [0.1, 0.15) is 21.5 Å². The predicted molar refractivity (Wildman–Crippen MR) is 107 cm³/mol. The van der Waals surface area contributed by atoms with E-state index in [0.717, 1.165) is 12.1 Å². The van der Waals surface area contributed by atoms with Crippen LogP contribution < -0.4 is 4.72 Å². The van der Waals surface area contributed by atoms with E-state index in [0.29, 0.717) is 16.7 Å². The number of nitrogens with one attached hydrogen (secondary N) is 1. The molecule has 0 saturated carbocycles. The Morgan fingerprint density at radius 1 is 1.03 bits per heavy atom. The van der Waals surface area contributed by atoms with Crippen molar-refractivity contribution in [3.63, 3.8) is 0 Å². The minimum Gasteiger partial charge on any atom is -0.506 e. The zero-order valence-corrected chi connectivity index (χ0v) is 16.4. The summed E-state index contributed by atoms with van der Waals surface area (Å²) in [6.07, 6.45) is 0. The van der Waals surface area contributed by atoms with E-state index in [1.807, 2.05) is 0 Å². The number of rotatable bonds is 5. The van der Waals surface area contributed by atoms with E-state index in [-0.39, 0.29) is 11.3 Å². The van der Waals surface area contributed by atoms with Crippen molar-refractivity contribution < 1.29 is 27.8 Å². The van der Waals surface area contributed by atoms with E-state index >= 15 is 0 Å². The van der Waals surface area contributed by atoms with Gasteiger partial charge in [-0.25, -0.2) is 17.6 Å². The Balaban J connectivity index is 2.16. The number of anilines is 1. The standard InChI is InChI=1S/C21H18FNO5S/c1-12-8-13(2)20(24)19(9-12)29(27,28)23-18-11-15(14-6-4-3-5-7-14)17(22)10-16(18)21(25)26/h3-11,23-24H,1-2H3,(H,25,26). The van der Waals surface area contributed by atoms with Gasteiger partial charge < -0.3 is 10.2 Å². The summed E-state index contributed by atoms with van der Waals surface area (Å²) in [5, 5.41) is 19.6. The topological polar surface area (TPSA) is 104 Å². The Morgan fingerprint density at radius 2 is 1.69 bits per heavy atom. The first kappa shape index (κ1) is 20.3. The van der Waals surface area contributed by atoms with Crippen LogP contribution in [-0.2, 0) is 10.0 Å². The lowest BCUT2D eigenvalue weighted by Crippen LogP contribution is -2.16. The Bertz CT molecular complexity index is 1210. The number of aromatic carboxylic acids is 1. The molecule has 0 amide bonds. The Morgan fingerprint density at radius 3 is 2.31 bits per heavy atom. The molecule has 0 aliphatic rings. The summed E-state index contributed by atoms with van der Waals surface area (Å²) in [4.78, 5) is 11.2. The zero-order chi connectivity index (χ0) is 21.3. The van der Waals surface area contributed by atoms with Gasteiger partial charge in [0.15, 0.2) is 0 Å². The van der Waals surface area contributed by atoms with Crippen LogP contribution in [0.25, 0.3) is 11.1 Å². The normalized spacial score (nSPS) is 11.3. The van der Waals surface area contributed by atoms with Gasteiger partial charge in [-0.2, -0.15) is 0 Å². The lowest BCUT2D eigenvalue weighted by molar-refractivity contribution is 0.0697. The fraction of sp³-hybridized carbons (Fsp3) is 0.0952. The van der Waals surface area contributed by atoms with E-state index < -0.39 is 38.0 Å². The van der Waals surface area contributed by atoms with Crippen molar-refractivity contribution in [3.05, 3.63) is 77.1 Å². The quantitative estimate of drug-likeness (QED) is 0.576. The summed E-state index contributed by atoms with van der Waals surface area (Å²) in [6, 6.07) is 13.1. The van der Waals surface area contributed by atoms with Crippen LogP contribution in [0.4, 0.5) is 10.1 Å². The number of hydrogen-bond acceptors (Lipinski definition) is 4. The Labute approximate surface area is 167 Å². The van der Waals surface area contributed by atoms with Crippen molar-refractivity contribution in [3.8, 4) is 16.9 Å². The zero-order valence-electron chi connectivity index (χ0n) is 15.6. The van der Waals surface area contributed by atoms with Gasteiger partial charge in [-0.05, 0) is 48.7 Å². The van der Waals surface area contributed by atoms with E-state index in [9.17, 15) is 27.8 Å². The van der Waals surface area contributed by atoms with Gasteiger partial charge in [0, 0.05) is 5.56 Å². The SMILES string of the molecule is Cc1cc(C)c(O)c(S(=O)(=O)Nc2cc(-c3ccccc3)c(F)cc2C(=O)O)c1. The number of carboxylic acid groups (broad SMARTS) is 1. The van der Waals surface area contributed by atoms with Crippen LogP contribution in [-0.4, -0.2) is 24.6 Å². The first-order valence-electron chi connectivity index (χ1n) is 8.55. The molecule has 0 saturated heterocycles. The van der Waals surface area contributed by atoms with Gasteiger partial charge >= 0.3 is 5.97 Å². The van der Waals surface area contributed by atoms with E-state index in [1.54, 1.807) is 50.2 Å². The Hall–Kier alpha value is -3.39. The molecular weight excluding hydrogens is 397 g/mol. The number of hydrogen-bond donors (Lipinski definition) is 3. The van der Waals surface area contributed by atoms with Gasteiger partial charge in [0.25, 0.3) is 10.0 Å². The summed E-state index contributed by atoms with van der Waals surface area (Å²) >= 11 is 0. The van der Waals surface area contributed by atoms with Gasteiger partial charge in [-0.3, -0.25) is 4.72 Å². The molecule has 8 heteroatoms. The summed E-state index contributed by atoms with van der Waals surface area (Å²) < 4.78 is 42.5. The van der Waals surface area contributed by atoms with Crippen LogP contribution in [0.2, 0.25) is 0 Å². The number of sulfonamides is 1. The van der Waals surface area contributed by atoms with Gasteiger partial charge in [0.05, 0.1) is 11.3 Å². The molecular formula is C21H18FNO5S. The van der Waals surface area contributed by atoms with Crippen molar-refractivity contribution in [1.82, 2.24) is 0 Å². The minimum atomic E-state index is -4.34. The van der Waals surface area contributed by atoms with Crippen LogP contribution in [0.15, 0.2) is 59.5 Å². The fourth-order valence-corrected chi connectivity index (χ4v) is 4.32. The smallest absolute Gasteiger partial charge is 0.337 e. The summed E-state index contributed by atoms with van der Waals surface area (Å²) in [5.74, 6) is -2.73. The van der Waals surface area contributed by atoms with Crippen LogP contribution in [0.3, 0.4) is 0 Å². The lowest BCUT2D eigenvalue weighted by atomic mass is 10.0. The highest BCUT2D eigenvalue weighted by Crippen LogP contribution is 2.33. The summed E-state index contributed by atoms with van der Waals surface area (Å²) in [6.45, 7) is 3.22. The number of benzene rings is 3. The molecule has 0 atom stereocenters. The van der Waals surface area contributed by atoms with Crippen molar-refractivity contribution in [2.45, 2.75) is 18.7 Å². The highest BCUT2D eigenvalue weighted by atomic mass is 32.2. The second-order valence-electron chi connectivity index (χ2n) is 6.58. The molecule has 6 nitrogen and oxygen atoms in total. The number of halogens is 1. The van der Waals surface area contributed by atoms with Gasteiger partial charge in [-0.15, -0.1) is 0 Å². The molecule has 0 aliphatic carbocycles. The fourth-order valence-electron chi connectivity index (χ4n) is 3.00. The third kappa shape index (κ3) is 4.07. The van der Waals surface area contributed by atoms with Crippen molar-refractivity contribution in [2.75, 3.05) is 4.72 Å². The largest absolute Gasteiger partial charge is 0.506 e. The lowest BCUT2D eigenvalue weighted by Gasteiger charge is -2.15. The number of aryl methyl sites for hydroxylation is 2. The number of phenolic OH excluding ortho intramolecular Hbond substituents is 1. The number of aromatic hydroxyl groups is 1. The highest BCUT2D eigenvalue weighted by molar-refractivity contribution is 7.92. The minimum absolute atomic E-state index is 0.0398. The maximum atomic E-state index is 14.5. The van der Waals surface area contributed by atoms with E-state index in [1.165, 1.54) is 6.07 Å². The molecule has 3 N–H and O–H groups in total. The van der Waals surface area contributed by atoms with Crippen LogP contribution in [0.5, 0.6) is 5.75 Å². The second-order valence-corrected chi connectivity index (χ2v) is 8.23. The summed E-state index contributed by atoms with van der Waals surface area (Å²) in [7, 11) is -4.34. The molecule has 0 heterocycles. The van der Waals surface area contributed by atoms with E-state index in [4.69, 9.17) is 0 Å². The van der Waals surface area contributed by atoms with Crippen molar-refractivity contribution >= 4 is 21.7 Å². The molecule has 0 aromatic heterocycles. The van der Waals surface area contributed by atoms with Crippen LogP contribution >= 0.6 is 0 Å². The molecule has 0 unspecified atom stereocenters. The maximum absolute atomic E-state index is 14.5. The molecule has 0 spiro atoms. The molecule has 0 bridgehead atoms. The van der Waals surface area contributed by atoms with E-state index in [2.05, 4.69) is 4.72 Å². The average molecular weight is 415 g/mol. The monoisotopic (exact) mass is 415 g/mol. The summed E-state index contributed by atoms with van der Waals surface area (Å²) in [5.41, 5.74) is 0.594. The van der Waals surface area contributed by atoms with Gasteiger partial charge in [0.1, 0.15) is 16.5 Å².